The molecule has 1 aliphatic rings. The minimum absolute atomic E-state index is 0.0136. The van der Waals surface area contributed by atoms with Gasteiger partial charge in [0.25, 0.3) is 5.56 Å². The van der Waals surface area contributed by atoms with Gasteiger partial charge in [0.1, 0.15) is 6.54 Å². The number of amides is 2. The minimum atomic E-state index is -0.515. The van der Waals surface area contributed by atoms with Crippen LogP contribution in [0.4, 0.5) is 10.8 Å². The van der Waals surface area contributed by atoms with E-state index in [9.17, 15) is 19.2 Å². The fraction of sp³-hybridized carbons (Fsp3) is 0.238. The number of thiazole rings is 1. The molecule has 1 aromatic carbocycles. The van der Waals surface area contributed by atoms with E-state index in [0.717, 1.165) is 21.4 Å². The van der Waals surface area contributed by atoms with Crippen LogP contribution in [0.15, 0.2) is 39.5 Å². The van der Waals surface area contributed by atoms with Gasteiger partial charge in [-0.15, -0.1) is 11.3 Å². The maximum absolute atomic E-state index is 12.6. The molecular weight excluding hydrogens is 446 g/mol. The van der Waals surface area contributed by atoms with Crippen molar-refractivity contribution in [2.75, 3.05) is 10.6 Å². The van der Waals surface area contributed by atoms with E-state index in [1.165, 1.54) is 40.9 Å². The van der Waals surface area contributed by atoms with Crippen molar-refractivity contribution in [3.63, 3.8) is 0 Å². The van der Waals surface area contributed by atoms with Crippen LogP contribution in [0.1, 0.15) is 12.0 Å². The molecule has 0 saturated heterocycles. The second-order valence-electron chi connectivity index (χ2n) is 7.76. The topological polar surface area (TPSA) is 133 Å². The Kier molecular flexibility index (Phi) is 4.93. The molecule has 11 nitrogen and oxygen atoms in total. The van der Waals surface area contributed by atoms with Crippen LogP contribution >= 0.6 is 11.3 Å². The molecule has 2 N–H and O–H groups in total. The molecule has 2 amide bonds. The van der Waals surface area contributed by atoms with E-state index < -0.39 is 11.2 Å². The van der Waals surface area contributed by atoms with Crippen molar-refractivity contribution >= 4 is 45.1 Å². The summed E-state index contributed by atoms with van der Waals surface area (Å²) in [7, 11) is 2.90. The first kappa shape index (κ1) is 20.8. The number of nitrogens with one attached hydrogen (secondary N) is 2. The highest BCUT2D eigenvalue weighted by Crippen LogP contribution is 2.30. The first-order chi connectivity index (χ1) is 15.8. The number of aryl methyl sites for hydroxylation is 2. The number of fused-ring (bicyclic) bond motifs is 2. The fourth-order valence-electron chi connectivity index (χ4n) is 3.84. The zero-order valence-electron chi connectivity index (χ0n) is 17.8. The lowest BCUT2D eigenvalue weighted by Gasteiger charge is -2.17. The molecule has 0 fully saturated rings. The summed E-state index contributed by atoms with van der Waals surface area (Å²) >= 11 is 1.29. The van der Waals surface area contributed by atoms with Gasteiger partial charge in [-0.1, -0.05) is 6.07 Å². The molecule has 0 atom stereocenters. The maximum Gasteiger partial charge on any atom is 0.332 e. The van der Waals surface area contributed by atoms with E-state index in [1.807, 2.05) is 23.6 Å². The van der Waals surface area contributed by atoms with E-state index in [2.05, 4.69) is 20.6 Å². The zero-order valence-corrected chi connectivity index (χ0v) is 18.6. The smallest absolute Gasteiger partial charge is 0.326 e. The summed E-state index contributed by atoms with van der Waals surface area (Å²) in [5.74, 6) is -0.362. The lowest BCUT2D eigenvalue weighted by molar-refractivity contribution is -0.117. The summed E-state index contributed by atoms with van der Waals surface area (Å²) in [5.41, 5.74) is 2.87. The number of nitrogens with zero attached hydrogens (tertiary/aromatic N) is 5. The summed E-state index contributed by atoms with van der Waals surface area (Å²) in [4.78, 5) is 57.4. The van der Waals surface area contributed by atoms with Crippen LogP contribution in [-0.2, 0) is 36.6 Å². The molecule has 0 bridgehead atoms. The van der Waals surface area contributed by atoms with Crippen LogP contribution in [0.2, 0.25) is 0 Å². The second kappa shape index (κ2) is 7.81. The van der Waals surface area contributed by atoms with Crippen molar-refractivity contribution in [3.8, 4) is 11.3 Å². The number of benzene rings is 1. The van der Waals surface area contributed by atoms with Crippen LogP contribution in [0.5, 0.6) is 0 Å². The predicted molar refractivity (Wildman–Crippen MR) is 123 cm³/mol. The quantitative estimate of drug-likeness (QED) is 0.463. The number of aromatic nitrogens is 5. The average Bonchev–Trinajstić information content (AvgIpc) is 3.43. The number of hydrogen-bond acceptors (Lipinski definition) is 7. The Balaban J connectivity index is 1.35. The molecule has 0 unspecified atom stereocenters. The van der Waals surface area contributed by atoms with Gasteiger partial charge in [0.05, 0.1) is 12.0 Å². The van der Waals surface area contributed by atoms with Gasteiger partial charge in [0.2, 0.25) is 11.8 Å². The largest absolute Gasteiger partial charge is 0.332 e. The third-order valence-corrected chi connectivity index (χ3v) is 6.34. The molecule has 33 heavy (non-hydrogen) atoms. The molecule has 0 radical (unpaired) electrons. The first-order valence-electron chi connectivity index (χ1n) is 10.1. The Hall–Kier alpha value is -4.06. The molecule has 12 heteroatoms. The molecule has 5 rings (SSSR count). The number of hydrogen-bond donors (Lipinski definition) is 2. The number of anilines is 2. The van der Waals surface area contributed by atoms with Gasteiger partial charge in [-0.3, -0.25) is 23.5 Å². The van der Waals surface area contributed by atoms with Crippen LogP contribution in [0.3, 0.4) is 0 Å². The normalized spacial score (nSPS) is 13.1. The standard InChI is InChI=1S/C21H19N7O4S/c1-26-18-17(19(31)27(2)21(26)32)28(10-22-18)8-16(30)25-20-24-14(9-33-20)12-3-5-13-11(7-12)4-6-15(29)23-13/h3,5,7,9-10H,4,6,8H2,1-2H3,(H,23,29)(H,24,25,30). The summed E-state index contributed by atoms with van der Waals surface area (Å²) in [6.07, 6.45) is 2.49. The Labute approximate surface area is 190 Å². The van der Waals surface area contributed by atoms with Gasteiger partial charge in [-0.2, -0.15) is 0 Å². The maximum atomic E-state index is 12.6. The van der Waals surface area contributed by atoms with Crippen molar-refractivity contribution in [2.24, 2.45) is 14.1 Å². The third-order valence-electron chi connectivity index (χ3n) is 5.58. The van der Waals surface area contributed by atoms with Gasteiger partial charge in [-0.05, 0) is 24.1 Å². The van der Waals surface area contributed by atoms with E-state index >= 15 is 0 Å². The zero-order chi connectivity index (χ0) is 23.3. The molecule has 168 valence electrons. The Morgan fingerprint density at radius 1 is 1.18 bits per heavy atom. The third kappa shape index (κ3) is 3.63. The predicted octanol–water partition coefficient (Wildman–Crippen LogP) is 1.08. The van der Waals surface area contributed by atoms with Crippen LogP contribution in [-0.4, -0.2) is 35.5 Å². The van der Waals surface area contributed by atoms with E-state index in [-0.39, 0.29) is 29.5 Å². The summed E-state index contributed by atoms with van der Waals surface area (Å²) in [6.45, 7) is -0.155. The van der Waals surface area contributed by atoms with Gasteiger partial charge < -0.3 is 15.2 Å². The number of imidazole rings is 1. The highest BCUT2D eigenvalue weighted by Gasteiger charge is 2.18. The SMILES string of the molecule is Cn1c(=O)c2c(ncn2CC(=O)Nc2nc(-c3ccc4c(c3)CCC(=O)N4)cs2)n(C)c1=O. The van der Waals surface area contributed by atoms with Gasteiger partial charge in [0.15, 0.2) is 16.3 Å². The fourth-order valence-corrected chi connectivity index (χ4v) is 4.57. The lowest BCUT2D eigenvalue weighted by Crippen LogP contribution is -2.37. The molecular formula is C21H19N7O4S. The van der Waals surface area contributed by atoms with Crippen molar-refractivity contribution in [2.45, 2.75) is 19.4 Å². The molecule has 1 aliphatic heterocycles. The van der Waals surface area contributed by atoms with Gasteiger partial charge in [0, 0.05) is 37.1 Å². The summed E-state index contributed by atoms with van der Waals surface area (Å²) in [6, 6.07) is 5.73. The first-order valence-corrected chi connectivity index (χ1v) is 11.0. The van der Waals surface area contributed by atoms with Crippen molar-refractivity contribution in [1.82, 2.24) is 23.7 Å². The van der Waals surface area contributed by atoms with E-state index in [4.69, 9.17) is 0 Å². The number of carbonyl (C=O) groups excluding carboxylic acids is 2. The van der Waals surface area contributed by atoms with Crippen molar-refractivity contribution in [1.29, 1.82) is 0 Å². The minimum Gasteiger partial charge on any atom is -0.326 e. The summed E-state index contributed by atoms with van der Waals surface area (Å²) < 4.78 is 3.66. The lowest BCUT2D eigenvalue weighted by atomic mass is 9.99. The second-order valence-corrected chi connectivity index (χ2v) is 8.61. The molecule has 0 aliphatic carbocycles. The van der Waals surface area contributed by atoms with E-state index in [0.29, 0.717) is 23.7 Å². The van der Waals surface area contributed by atoms with Gasteiger partial charge >= 0.3 is 5.69 Å². The van der Waals surface area contributed by atoms with Gasteiger partial charge in [-0.25, -0.2) is 14.8 Å². The molecule has 0 saturated carbocycles. The molecule has 0 spiro atoms. The Morgan fingerprint density at radius 3 is 2.82 bits per heavy atom. The molecule has 3 aromatic heterocycles. The Morgan fingerprint density at radius 2 is 2.00 bits per heavy atom. The highest BCUT2D eigenvalue weighted by molar-refractivity contribution is 7.14. The molecule has 4 heterocycles. The van der Waals surface area contributed by atoms with E-state index in [1.54, 1.807) is 0 Å². The Bertz CT molecular complexity index is 1560. The van der Waals surface area contributed by atoms with Crippen LogP contribution in [0, 0.1) is 0 Å². The number of rotatable bonds is 4. The van der Waals surface area contributed by atoms with Crippen molar-refractivity contribution < 1.29 is 9.59 Å². The van der Waals surface area contributed by atoms with Crippen LogP contribution < -0.4 is 21.9 Å². The monoisotopic (exact) mass is 465 g/mol. The highest BCUT2D eigenvalue weighted by atomic mass is 32.1. The van der Waals surface area contributed by atoms with Crippen molar-refractivity contribution in [3.05, 3.63) is 56.3 Å². The average molecular weight is 465 g/mol. The van der Waals surface area contributed by atoms with Crippen LogP contribution in [0.25, 0.3) is 22.4 Å². The summed E-state index contributed by atoms with van der Waals surface area (Å²) in [5, 5.41) is 7.87. The number of carbonyl (C=O) groups is 2. The molecule has 4 aromatic rings.